The Balaban J connectivity index is 2.24. The maximum Gasteiger partial charge on any atom is 0.343 e. The topological polar surface area (TPSA) is 65.7 Å². The summed E-state index contributed by atoms with van der Waals surface area (Å²) in [7, 11) is 0. The predicted octanol–water partition coefficient (Wildman–Crippen LogP) is 5.75. The highest BCUT2D eigenvalue weighted by atomic mass is 16.5. The van der Waals surface area contributed by atoms with Crippen LogP contribution in [0.2, 0.25) is 0 Å². The molecule has 29 heavy (non-hydrogen) atoms. The van der Waals surface area contributed by atoms with Gasteiger partial charge in [-0.15, -0.1) is 0 Å². The summed E-state index contributed by atoms with van der Waals surface area (Å²) in [5.41, 5.74) is 1.57. The minimum atomic E-state index is -0.597. The molecule has 0 bridgehead atoms. The molecule has 0 unspecified atom stereocenters. The van der Waals surface area contributed by atoms with Gasteiger partial charge in [-0.2, -0.15) is 0 Å². The third-order valence-electron chi connectivity index (χ3n) is 4.26. The predicted molar refractivity (Wildman–Crippen MR) is 111 cm³/mol. The summed E-state index contributed by atoms with van der Waals surface area (Å²) in [6.07, 6.45) is 1.34. The van der Waals surface area contributed by atoms with Crippen molar-refractivity contribution in [2.75, 3.05) is 13.2 Å². The SMILES string of the molecule is CCCOC(=O)c1c(-c2ccccc2)oc(-c2ccccc2)c1C(=O)OCCC. The van der Waals surface area contributed by atoms with Gasteiger partial charge < -0.3 is 13.9 Å². The highest BCUT2D eigenvalue weighted by Gasteiger charge is 2.33. The van der Waals surface area contributed by atoms with Crippen LogP contribution in [0.5, 0.6) is 0 Å². The first-order valence-corrected chi connectivity index (χ1v) is 9.79. The number of ether oxygens (including phenoxy) is 2. The maximum absolute atomic E-state index is 13.0. The zero-order valence-corrected chi connectivity index (χ0v) is 16.6. The fourth-order valence-electron chi connectivity index (χ4n) is 2.94. The van der Waals surface area contributed by atoms with Crippen LogP contribution in [0, 0.1) is 0 Å². The maximum atomic E-state index is 13.0. The minimum Gasteiger partial charge on any atom is -0.462 e. The molecular formula is C24H24O5. The fraction of sp³-hybridized carbons (Fsp3) is 0.250. The molecule has 0 atom stereocenters. The first-order valence-electron chi connectivity index (χ1n) is 9.79. The van der Waals surface area contributed by atoms with Gasteiger partial charge in [-0.05, 0) is 12.8 Å². The Hall–Kier alpha value is -3.34. The molecule has 0 radical (unpaired) electrons. The summed E-state index contributed by atoms with van der Waals surface area (Å²) in [4.78, 5) is 25.9. The Morgan fingerprint density at radius 1 is 0.690 bits per heavy atom. The minimum absolute atomic E-state index is 0.101. The highest BCUT2D eigenvalue weighted by Crippen LogP contribution is 2.38. The average molecular weight is 392 g/mol. The zero-order valence-electron chi connectivity index (χ0n) is 16.6. The van der Waals surface area contributed by atoms with Crippen molar-refractivity contribution in [2.45, 2.75) is 26.7 Å². The quantitative estimate of drug-likeness (QED) is 0.457. The van der Waals surface area contributed by atoms with E-state index < -0.39 is 11.9 Å². The molecule has 0 aliphatic rings. The molecule has 0 amide bonds. The summed E-state index contributed by atoms with van der Waals surface area (Å²) in [6, 6.07) is 18.4. The number of furan rings is 1. The molecule has 5 heteroatoms. The lowest BCUT2D eigenvalue weighted by Crippen LogP contribution is -2.14. The van der Waals surface area contributed by atoms with Crippen LogP contribution in [0.4, 0.5) is 0 Å². The molecule has 0 saturated carbocycles. The van der Waals surface area contributed by atoms with E-state index in [1.54, 1.807) is 0 Å². The first kappa shape index (κ1) is 20.4. The van der Waals surface area contributed by atoms with Crippen molar-refractivity contribution in [3.05, 3.63) is 71.8 Å². The van der Waals surface area contributed by atoms with Gasteiger partial charge in [0.2, 0.25) is 0 Å². The lowest BCUT2D eigenvalue weighted by Gasteiger charge is -2.07. The first-order chi connectivity index (χ1) is 14.2. The Kier molecular flexibility index (Phi) is 6.85. The van der Waals surface area contributed by atoms with E-state index >= 15 is 0 Å². The summed E-state index contributed by atoms with van der Waals surface area (Å²) in [5, 5.41) is 0. The lowest BCUT2D eigenvalue weighted by atomic mass is 10.0. The van der Waals surface area contributed by atoms with Crippen molar-refractivity contribution >= 4 is 11.9 Å². The molecule has 1 heterocycles. The van der Waals surface area contributed by atoms with Crippen molar-refractivity contribution in [1.82, 2.24) is 0 Å². The smallest absolute Gasteiger partial charge is 0.343 e. The van der Waals surface area contributed by atoms with Crippen molar-refractivity contribution in [3.8, 4) is 22.6 Å². The number of carbonyl (C=O) groups excluding carboxylic acids is 2. The summed E-state index contributed by atoms with van der Waals surface area (Å²) >= 11 is 0. The molecule has 0 aliphatic heterocycles. The summed E-state index contributed by atoms with van der Waals surface area (Å²) < 4.78 is 16.9. The summed E-state index contributed by atoms with van der Waals surface area (Å²) in [6.45, 7) is 4.32. The van der Waals surface area contributed by atoms with Gasteiger partial charge in [-0.1, -0.05) is 74.5 Å². The molecule has 0 saturated heterocycles. The Bertz CT molecular complexity index is 880. The van der Waals surface area contributed by atoms with Gasteiger partial charge in [-0.3, -0.25) is 0 Å². The monoisotopic (exact) mass is 392 g/mol. The van der Waals surface area contributed by atoms with Gasteiger partial charge in [0.1, 0.15) is 22.6 Å². The fourth-order valence-corrected chi connectivity index (χ4v) is 2.94. The van der Waals surface area contributed by atoms with E-state index in [1.165, 1.54) is 0 Å². The van der Waals surface area contributed by atoms with Crippen LogP contribution in [0.25, 0.3) is 22.6 Å². The Morgan fingerprint density at radius 2 is 1.07 bits per heavy atom. The second-order valence-electron chi connectivity index (χ2n) is 6.51. The third kappa shape index (κ3) is 4.57. The number of carbonyl (C=O) groups is 2. The van der Waals surface area contributed by atoms with Crippen molar-refractivity contribution in [3.63, 3.8) is 0 Å². The van der Waals surface area contributed by atoms with Crippen molar-refractivity contribution < 1.29 is 23.5 Å². The Labute approximate surface area is 170 Å². The number of hydrogen-bond donors (Lipinski definition) is 0. The van der Waals surface area contributed by atoms with Crippen LogP contribution >= 0.6 is 0 Å². The van der Waals surface area contributed by atoms with Crippen molar-refractivity contribution in [2.24, 2.45) is 0 Å². The van der Waals surface area contributed by atoms with E-state index in [0.717, 1.165) is 0 Å². The molecule has 1 aromatic heterocycles. The number of esters is 2. The molecule has 150 valence electrons. The third-order valence-corrected chi connectivity index (χ3v) is 4.26. The molecule has 2 aromatic carbocycles. The Morgan fingerprint density at radius 3 is 1.41 bits per heavy atom. The van der Waals surface area contributed by atoms with Gasteiger partial charge in [0, 0.05) is 11.1 Å². The van der Waals surface area contributed by atoms with Crippen molar-refractivity contribution in [1.29, 1.82) is 0 Å². The molecule has 0 fully saturated rings. The average Bonchev–Trinajstić information content (AvgIpc) is 3.18. The van der Waals surface area contributed by atoms with E-state index in [0.29, 0.717) is 35.5 Å². The molecule has 0 spiro atoms. The van der Waals surface area contributed by atoms with E-state index in [2.05, 4.69) is 0 Å². The highest BCUT2D eigenvalue weighted by molar-refractivity contribution is 6.10. The largest absolute Gasteiger partial charge is 0.462 e. The normalized spacial score (nSPS) is 10.6. The number of rotatable bonds is 8. The second-order valence-corrected chi connectivity index (χ2v) is 6.51. The van der Waals surface area contributed by atoms with E-state index in [9.17, 15) is 9.59 Å². The van der Waals surface area contributed by atoms with Gasteiger partial charge in [0.25, 0.3) is 0 Å². The van der Waals surface area contributed by atoms with Crippen LogP contribution in [0.3, 0.4) is 0 Å². The van der Waals surface area contributed by atoms with Gasteiger partial charge in [-0.25, -0.2) is 9.59 Å². The number of benzene rings is 2. The van der Waals surface area contributed by atoms with Crippen LogP contribution in [-0.2, 0) is 9.47 Å². The van der Waals surface area contributed by atoms with Crippen LogP contribution in [-0.4, -0.2) is 25.2 Å². The zero-order chi connectivity index (χ0) is 20.6. The van der Waals surface area contributed by atoms with E-state index in [-0.39, 0.29) is 24.3 Å². The standard InChI is InChI=1S/C24H24O5/c1-3-15-27-23(25)19-20(24(26)28-16-4-2)22(18-13-9-6-10-14-18)29-21(19)17-11-7-5-8-12-17/h5-14H,3-4,15-16H2,1-2H3. The van der Waals surface area contributed by atoms with Gasteiger partial charge in [0.15, 0.2) is 0 Å². The lowest BCUT2D eigenvalue weighted by molar-refractivity contribution is 0.0460. The van der Waals surface area contributed by atoms with E-state index in [1.807, 2.05) is 74.5 Å². The molecule has 3 aromatic rings. The van der Waals surface area contributed by atoms with Crippen LogP contribution in [0.1, 0.15) is 47.4 Å². The molecule has 5 nitrogen and oxygen atoms in total. The second kappa shape index (κ2) is 9.73. The van der Waals surface area contributed by atoms with Gasteiger partial charge >= 0.3 is 11.9 Å². The number of hydrogen-bond acceptors (Lipinski definition) is 5. The molecule has 0 N–H and O–H groups in total. The van der Waals surface area contributed by atoms with Gasteiger partial charge in [0.05, 0.1) is 13.2 Å². The molecule has 3 rings (SSSR count). The molecule has 0 aliphatic carbocycles. The van der Waals surface area contributed by atoms with Crippen LogP contribution < -0.4 is 0 Å². The van der Waals surface area contributed by atoms with E-state index in [4.69, 9.17) is 13.9 Å². The summed E-state index contributed by atoms with van der Waals surface area (Å²) in [5.74, 6) is -0.594. The van der Waals surface area contributed by atoms with Crippen LogP contribution in [0.15, 0.2) is 65.1 Å². The molecular weight excluding hydrogens is 368 g/mol.